The Balaban J connectivity index is 1.75. The van der Waals surface area contributed by atoms with Crippen LogP contribution in [0.15, 0.2) is 24.3 Å². The van der Waals surface area contributed by atoms with Gasteiger partial charge in [-0.15, -0.1) is 0 Å². The van der Waals surface area contributed by atoms with E-state index in [1.54, 1.807) is 0 Å². The molecule has 118 valence electrons. The van der Waals surface area contributed by atoms with Gasteiger partial charge in [0.05, 0.1) is 5.69 Å². The number of carbonyl (C=O) groups is 1. The Morgan fingerprint density at radius 1 is 1.14 bits per heavy atom. The van der Waals surface area contributed by atoms with Gasteiger partial charge in [-0.05, 0) is 44.7 Å². The van der Waals surface area contributed by atoms with Crippen LogP contribution in [0.25, 0.3) is 0 Å². The molecule has 4 heteroatoms. The second kappa shape index (κ2) is 7.25. The summed E-state index contributed by atoms with van der Waals surface area (Å²) in [6.45, 7) is 6.81. The number of rotatable bonds is 6. The van der Waals surface area contributed by atoms with Crippen molar-refractivity contribution in [3.8, 4) is 0 Å². The summed E-state index contributed by atoms with van der Waals surface area (Å²) in [5.41, 5.74) is 5.91. The second-order valence-corrected chi connectivity index (χ2v) is 5.86. The third-order valence-electron chi connectivity index (χ3n) is 4.12. The van der Waals surface area contributed by atoms with Gasteiger partial charge < -0.3 is 5.32 Å². The lowest BCUT2D eigenvalue weighted by Gasteiger charge is -2.06. The Morgan fingerprint density at radius 3 is 2.41 bits per heavy atom. The SMILES string of the molecule is Cc1ccc(CCC(=O)NCCc2c(C)nn(C)c2C)cc1. The van der Waals surface area contributed by atoms with E-state index in [0.29, 0.717) is 13.0 Å². The van der Waals surface area contributed by atoms with Crippen LogP contribution in [0.1, 0.15) is 34.5 Å². The van der Waals surface area contributed by atoms with Crippen LogP contribution in [0.3, 0.4) is 0 Å². The average molecular weight is 299 g/mol. The largest absolute Gasteiger partial charge is 0.356 e. The molecule has 0 atom stereocenters. The van der Waals surface area contributed by atoms with Crippen LogP contribution in [0, 0.1) is 20.8 Å². The molecule has 1 aromatic heterocycles. The highest BCUT2D eigenvalue weighted by Gasteiger charge is 2.09. The molecule has 1 amide bonds. The molecular formula is C18H25N3O. The van der Waals surface area contributed by atoms with E-state index in [2.05, 4.69) is 48.5 Å². The number of hydrogen-bond acceptors (Lipinski definition) is 2. The first-order valence-electron chi connectivity index (χ1n) is 7.78. The molecule has 4 nitrogen and oxygen atoms in total. The molecule has 0 aliphatic rings. The number of aromatic nitrogens is 2. The van der Waals surface area contributed by atoms with Gasteiger partial charge in [0, 0.05) is 25.7 Å². The van der Waals surface area contributed by atoms with Crippen molar-refractivity contribution in [1.29, 1.82) is 0 Å². The van der Waals surface area contributed by atoms with Crippen LogP contribution in [0.4, 0.5) is 0 Å². The van der Waals surface area contributed by atoms with E-state index in [-0.39, 0.29) is 5.91 Å². The van der Waals surface area contributed by atoms with Gasteiger partial charge in [0.25, 0.3) is 0 Å². The van der Waals surface area contributed by atoms with Crippen molar-refractivity contribution in [2.45, 2.75) is 40.0 Å². The zero-order chi connectivity index (χ0) is 16.1. The predicted molar refractivity (Wildman–Crippen MR) is 88.9 cm³/mol. The Morgan fingerprint density at radius 2 is 1.82 bits per heavy atom. The molecule has 0 saturated carbocycles. The summed E-state index contributed by atoms with van der Waals surface area (Å²) in [4.78, 5) is 11.9. The van der Waals surface area contributed by atoms with Crippen LogP contribution in [-0.2, 0) is 24.7 Å². The number of benzene rings is 1. The van der Waals surface area contributed by atoms with Crippen LogP contribution in [-0.4, -0.2) is 22.2 Å². The molecule has 2 rings (SSSR count). The van der Waals surface area contributed by atoms with Crippen molar-refractivity contribution < 1.29 is 4.79 Å². The molecule has 22 heavy (non-hydrogen) atoms. The lowest BCUT2D eigenvalue weighted by atomic mass is 10.1. The molecule has 0 fully saturated rings. The average Bonchev–Trinajstić information content (AvgIpc) is 2.73. The maximum absolute atomic E-state index is 11.9. The van der Waals surface area contributed by atoms with E-state index in [9.17, 15) is 4.79 Å². The fraction of sp³-hybridized carbons (Fsp3) is 0.444. The molecule has 1 aromatic carbocycles. The van der Waals surface area contributed by atoms with Crippen molar-refractivity contribution in [3.63, 3.8) is 0 Å². The first-order valence-corrected chi connectivity index (χ1v) is 7.78. The van der Waals surface area contributed by atoms with Crippen molar-refractivity contribution in [1.82, 2.24) is 15.1 Å². The third-order valence-corrected chi connectivity index (χ3v) is 4.12. The first kappa shape index (κ1) is 16.3. The highest BCUT2D eigenvalue weighted by molar-refractivity contribution is 5.76. The quantitative estimate of drug-likeness (QED) is 0.891. The smallest absolute Gasteiger partial charge is 0.220 e. The summed E-state index contributed by atoms with van der Waals surface area (Å²) in [6.07, 6.45) is 2.16. The van der Waals surface area contributed by atoms with Gasteiger partial charge in [-0.25, -0.2) is 0 Å². The van der Waals surface area contributed by atoms with E-state index in [0.717, 1.165) is 18.5 Å². The fourth-order valence-electron chi connectivity index (χ4n) is 2.61. The van der Waals surface area contributed by atoms with Gasteiger partial charge in [0.15, 0.2) is 0 Å². The zero-order valence-electron chi connectivity index (χ0n) is 13.9. The lowest BCUT2D eigenvalue weighted by Crippen LogP contribution is -2.26. The first-order chi connectivity index (χ1) is 10.5. The van der Waals surface area contributed by atoms with Crippen LogP contribution >= 0.6 is 0 Å². The number of nitrogens with one attached hydrogen (secondary N) is 1. The summed E-state index contributed by atoms with van der Waals surface area (Å²) in [6, 6.07) is 8.35. The maximum Gasteiger partial charge on any atom is 0.220 e. The lowest BCUT2D eigenvalue weighted by molar-refractivity contribution is -0.121. The molecule has 1 N–H and O–H groups in total. The minimum atomic E-state index is 0.111. The van der Waals surface area contributed by atoms with Crippen LogP contribution < -0.4 is 5.32 Å². The van der Waals surface area contributed by atoms with E-state index >= 15 is 0 Å². The molecule has 0 unspecified atom stereocenters. The number of aryl methyl sites for hydroxylation is 4. The van der Waals surface area contributed by atoms with Crippen LogP contribution in [0.2, 0.25) is 0 Å². The van der Waals surface area contributed by atoms with Crippen molar-refractivity contribution in [3.05, 3.63) is 52.3 Å². The number of amides is 1. The third kappa shape index (κ3) is 4.20. The van der Waals surface area contributed by atoms with Crippen molar-refractivity contribution in [2.24, 2.45) is 7.05 Å². The highest BCUT2D eigenvalue weighted by atomic mass is 16.1. The van der Waals surface area contributed by atoms with Gasteiger partial charge in [-0.3, -0.25) is 9.48 Å². The minimum Gasteiger partial charge on any atom is -0.356 e. The summed E-state index contributed by atoms with van der Waals surface area (Å²) in [7, 11) is 1.95. The summed E-state index contributed by atoms with van der Waals surface area (Å²) < 4.78 is 1.89. The van der Waals surface area contributed by atoms with Crippen molar-refractivity contribution in [2.75, 3.05) is 6.54 Å². The van der Waals surface area contributed by atoms with E-state index < -0.39 is 0 Å². The molecule has 0 spiro atoms. The zero-order valence-corrected chi connectivity index (χ0v) is 13.9. The van der Waals surface area contributed by atoms with Gasteiger partial charge in [-0.2, -0.15) is 5.10 Å². The van der Waals surface area contributed by atoms with E-state index in [4.69, 9.17) is 0 Å². The molecular weight excluding hydrogens is 274 g/mol. The topological polar surface area (TPSA) is 46.9 Å². The number of nitrogens with zero attached hydrogens (tertiary/aromatic N) is 2. The van der Waals surface area contributed by atoms with Gasteiger partial charge in [0.1, 0.15) is 0 Å². The van der Waals surface area contributed by atoms with Crippen molar-refractivity contribution >= 4 is 5.91 Å². The predicted octanol–water partition coefficient (Wildman–Crippen LogP) is 2.64. The monoisotopic (exact) mass is 299 g/mol. The Labute approximate surface area is 132 Å². The second-order valence-electron chi connectivity index (χ2n) is 5.86. The van der Waals surface area contributed by atoms with E-state index in [1.165, 1.54) is 22.4 Å². The van der Waals surface area contributed by atoms with Crippen LogP contribution in [0.5, 0.6) is 0 Å². The Hall–Kier alpha value is -2.10. The fourth-order valence-corrected chi connectivity index (χ4v) is 2.61. The van der Waals surface area contributed by atoms with Gasteiger partial charge in [0.2, 0.25) is 5.91 Å². The molecule has 0 radical (unpaired) electrons. The molecule has 0 aliphatic carbocycles. The minimum absolute atomic E-state index is 0.111. The summed E-state index contributed by atoms with van der Waals surface area (Å²) in [5, 5.41) is 7.40. The molecule has 1 heterocycles. The summed E-state index contributed by atoms with van der Waals surface area (Å²) in [5.74, 6) is 0.111. The molecule has 0 aliphatic heterocycles. The standard InChI is InChI=1S/C18H25N3O/c1-13-5-7-16(8-6-13)9-10-18(22)19-12-11-17-14(2)20-21(4)15(17)3/h5-8H,9-12H2,1-4H3,(H,19,22). The highest BCUT2D eigenvalue weighted by Crippen LogP contribution is 2.12. The molecule has 2 aromatic rings. The number of hydrogen-bond donors (Lipinski definition) is 1. The summed E-state index contributed by atoms with van der Waals surface area (Å²) >= 11 is 0. The van der Waals surface area contributed by atoms with E-state index in [1.807, 2.05) is 18.7 Å². The van der Waals surface area contributed by atoms with Gasteiger partial charge >= 0.3 is 0 Å². The Kier molecular flexibility index (Phi) is 5.36. The number of carbonyl (C=O) groups excluding carboxylic acids is 1. The molecule has 0 saturated heterocycles. The van der Waals surface area contributed by atoms with Gasteiger partial charge in [-0.1, -0.05) is 29.8 Å². The Bertz CT molecular complexity index is 641. The normalized spacial score (nSPS) is 10.7. The molecule has 0 bridgehead atoms. The maximum atomic E-state index is 11.9.